The zero-order valence-electron chi connectivity index (χ0n) is 26.3. The SMILES string of the molecule is CC(C)[Si](C#C[C@H]1OC(=O)[C@@H](C)[C@@H](CCO[Si](c2ccccc2)(c2ccccc2)C(C)(C)C)O1)(C(C)C)C(C)C. The van der Waals surface area contributed by atoms with E-state index in [0.29, 0.717) is 29.7 Å². The molecule has 0 amide bonds. The van der Waals surface area contributed by atoms with Gasteiger partial charge in [-0.25, -0.2) is 0 Å². The number of hydrogen-bond donors (Lipinski definition) is 0. The van der Waals surface area contributed by atoms with E-state index in [4.69, 9.17) is 13.9 Å². The zero-order chi connectivity index (χ0) is 29.7. The van der Waals surface area contributed by atoms with Crippen LogP contribution in [0, 0.1) is 17.4 Å². The number of ether oxygens (including phenoxy) is 2. The van der Waals surface area contributed by atoms with Crippen LogP contribution in [0.25, 0.3) is 0 Å². The van der Waals surface area contributed by atoms with Gasteiger partial charge in [0.2, 0.25) is 0 Å². The van der Waals surface area contributed by atoms with Crippen molar-refractivity contribution in [1.82, 2.24) is 0 Å². The first-order chi connectivity index (χ1) is 18.8. The summed E-state index contributed by atoms with van der Waals surface area (Å²) >= 11 is 0. The van der Waals surface area contributed by atoms with Gasteiger partial charge < -0.3 is 13.9 Å². The largest absolute Gasteiger partial charge is 0.424 e. The summed E-state index contributed by atoms with van der Waals surface area (Å²) in [7, 11) is -4.63. The predicted molar refractivity (Wildman–Crippen MR) is 171 cm³/mol. The van der Waals surface area contributed by atoms with Gasteiger partial charge in [0.15, 0.2) is 0 Å². The zero-order valence-corrected chi connectivity index (χ0v) is 28.3. The average molecular weight is 579 g/mol. The van der Waals surface area contributed by atoms with Crippen LogP contribution < -0.4 is 10.4 Å². The Kier molecular flexibility index (Phi) is 10.7. The fourth-order valence-electron chi connectivity index (χ4n) is 6.76. The Hall–Kier alpha value is -2.18. The first kappa shape index (κ1) is 32.3. The van der Waals surface area contributed by atoms with Crippen molar-refractivity contribution in [3.05, 3.63) is 60.7 Å². The van der Waals surface area contributed by atoms with Gasteiger partial charge in [-0.15, -0.1) is 5.54 Å². The molecule has 0 unspecified atom stereocenters. The molecule has 0 aliphatic carbocycles. The summed E-state index contributed by atoms with van der Waals surface area (Å²) in [6.45, 7) is 22.9. The van der Waals surface area contributed by atoms with E-state index in [-0.39, 0.29) is 23.0 Å². The lowest BCUT2D eigenvalue weighted by Gasteiger charge is -2.43. The van der Waals surface area contributed by atoms with Crippen molar-refractivity contribution in [2.24, 2.45) is 5.92 Å². The molecule has 1 saturated heterocycles. The third-order valence-electron chi connectivity index (χ3n) is 8.86. The van der Waals surface area contributed by atoms with E-state index in [1.165, 1.54) is 10.4 Å². The maximum absolute atomic E-state index is 12.9. The highest BCUT2D eigenvalue weighted by Crippen LogP contribution is 2.41. The van der Waals surface area contributed by atoms with E-state index in [1.54, 1.807) is 0 Å². The molecule has 0 saturated carbocycles. The summed E-state index contributed by atoms with van der Waals surface area (Å²) in [4.78, 5) is 12.9. The molecular weight excluding hydrogens is 529 g/mol. The van der Waals surface area contributed by atoms with Crippen LogP contribution in [0.2, 0.25) is 21.7 Å². The number of carbonyl (C=O) groups excluding carboxylic acids is 1. The van der Waals surface area contributed by atoms with Crippen LogP contribution >= 0.6 is 0 Å². The first-order valence-corrected chi connectivity index (χ1v) is 19.0. The van der Waals surface area contributed by atoms with Crippen LogP contribution in [-0.2, 0) is 18.7 Å². The van der Waals surface area contributed by atoms with Gasteiger partial charge in [-0.1, -0.05) is 123 Å². The number of rotatable bonds is 9. The molecule has 40 heavy (non-hydrogen) atoms. The van der Waals surface area contributed by atoms with Gasteiger partial charge in [-0.2, -0.15) is 0 Å². The highest BCUT2D eigenvalue weighted by molar-refractivity contribution is 6.99. The van der Waals surface area contributed by atoms with Crippen LogP contribution in [0.5, 0.6) is 0 Å². The maximum Gasteiger partial charge on any atom is 0.314 e. The lowest BCUT2D eigenvalue weighted by atomic mass is 10.0. The van der Waals surface area contributed by atoms with Crippen molar-refractivity contribution in [3.8, 4) is 11.5 Å². The van der Waals surface area contributed by atoms with E-state index in [1.807, 2.05) is 6.92 Å². The Labute approximate surface area is 245 Å². The third-order valence-corrected chi connectivity index (χ3v) is 20.2. The molecule has 1 fully saturated rings. The van der Waals surface area contributed by atoms with Crippen LogP contribution in [0.1, 0.15) is 75.7 Å². The van der Waals surface area contributed by atoms with Crippen LogP contribution in [0.4, 0.5) is 0 Å². The molecule has 2 aromatic carbocycles. The maximum atomic E-state index is 12.9. The number of carbonyl (C=O) groups is 1. The fraction of sp³-hybridized carbons (Fsp3) is 0.559. The third kappa shape index (κ3) is 6.49. The second-order valence-corrected chi connectivity index (χ2v) is 23.1. The average Bonchev–Trinajstić information content (AvgIpc) is 2.89. The molecule has 0 N–H and O–H groups in total. The Morgan fingerprint density at radius 2 is 1.32 bits per heavy atom. The van der Waals surface area contributed by atoms with Gasteiger partial charge in [0.1, 0.15) is 8.07 Å². The van der Waals surface area contributed by atoms with E-state index in [9.17, 15) is 4.79 Å². The molecule has 4 nitrogen and oxygen atoms in total. The van der Waals surface area contributed by atoms with E-state index in [2.05, 4.69) is 134 Å². The molecule has 3 atom stereocenters. The molecule has 6 heteroatoms. The quantitative estimate of drug-likeness (QED) is 0.181. The topological polar surface area (TPSA) is 44.8 Å². The number of esters is 1. The van der Waals surface area contributed by atoms with Gasteiger partial charge in [-0.05, 0) is 51.3 Å². The minimum atomic E-state index is -2.66. The summed E-state index contributed by atoms with van der Waals surface area (Å²) in [5.74, 6) is 2.67. The monoisotopic (exact) mass is 578 g/mol. The molecule has 0 bridgehead atoms. The molecule has 0 spiro atoms. The van der Waals surface area contributed by atoms with Crippen LogP contribution in [0.15, 0.2) is 60.7 Å². The Balaban J connectivity index is 1.87. The van der Waals surface area contributed by atoms with Gasteiger partial charge >= 0.3 is 5.97 Å². The van der Waals surface area contributed by atoms with Crippen molar-refractivity contribution in [3.63, 3.8) is 0 Å². The highest BCUT2D eigenvalue weighted by atomic mass is 28.4. The van der Waals surface area contributed by atoms with Gasteiger partial charge in [0.25, 0.3) is 14.6 Å². The minimum Gasteiger partial charge on any atom is -0.424 e. The van der Waals surface area contributed by atoms with Crippen LogP contribution in [-0.4, -0.2) is 41.4 Å². The van der Waals surface area contributed by atoms with Crippen molar-refractivity contribution < 1.29 is 18.7 Å². The minimum absolute atomic E-state index is 0.111. The summed E-state index contributed by atoms with van der Waals surface area (Å²) in [5, 5.41) is 2.37. The van der Waals surface area contributed by atoms with Crippen molar-refractivity contribution in [1.29, 1.82) is 0 Å². The molecule has 1 aliphatic heterocycles. The molecule has 0 radical (unpaired) electrons. The fourth-order valence-corrected chi connectivity index (χ4v) is 16.6. The van der Waals surface area contributed by atoms with E-state index in [0.717, 1.165) is 0 Å². The van der Waals surface area contributed by atoms with Gasteiger partial charge in [-0.3, -0.25) is 4.79 Å². The Bertz CT molecular complexity index is 1100. The summed E-state index contributed by atoms with van der Waals surface area (Å²) in [6.07, 6.45) is -0.545. The van der Waals surface area contributed by atoms with Crippen LogP contribution in [0.3, 0.4) is 0 Å². The van der Waals surface area contributed by atoms with E-state index < -0.39 is 22.7 Å². The molecule has 218 valence electrons. The second-order valence-electron chi connectivity index (χ2n) is 13.2. The highest BCUT2D eigenvalue weighted by Gasteiger charge is 2.50. The number of cyclic esters (lactones) is 1. The lowest BCUT2D eigenvalue weighted by Crippen LogP contribution is -2.66. The molecule has 1 aliphatic rings. The number of hydrogen-bond acceptors (Lipinski definition) is 4. The lowest BCUT2D eigenvalue weighted by molar-refractivity contribution is -0.213. The summed E-state index contributed by atoms with van der Waals surface area (Å²) in [6, 6.07) is 21.3. The summed E-state index contributed by atoms with van der Waals surface area (Å²) < 4.78 is 19.1. The molecule has 3 rings (SSSR count). The van der Waals surface area contributed by atoms with Gasteiger partial charge in [0.05, 0.1) is 12.0 Å². The first-order valence-electron chi connectivity index (χ1n) is 14.9. The summed E-state index contributed by atoms with van der Waals surface area (Å²) in [5.41, 5.74) is 5.15. The molecule has 2 aromatic rings. The molecule has 0 aromatic heterocycles. The van der Waals surface area contributed by atoms with Crippen molar-refractivity contribution in [2.75, 3.05) is 6.61 Å². The number of benzene rings is 2. The predicted octanol–water partition coefficient (Wildman–Crippen LogP) is 7.08. The normalized spacial score (nSPS) is 20.4. The van der Waals surface area contributed by atoms with Crippen molar-refractivity contribution >= 4 is 32.7 Å². The van der Waals surface area contributed by atoms with E-state index >= 15 is 0 Å². The van der Waals surface area contributed by atoms with Gasteiger partial charge in [0, 0.05) is 6.61 Å². The second kappa shape index (κ2) is 13.2. The molecular formula is C34H50O4Si2. The standard InChI is InChI=1S/C34H50O4Si2/c1-25(2)39(26(3)4,27(5)6)24-22-32-37-31(28(7)33(35)38-32)21-23-36-40(34(8,9)10,29-17-13-11-14-18-29)30-19-15-12-16-20-30/h11-20,25-28,31-32H,21,23H2,1-10H3/t28-,31+,32+/m0/s1. The Morgan fingerprint density at radius 3 is 1.75 bits per heavy atom. The Morgan fingerprint density at radius 1 is 0.850 bits per heavy atom. The molecule has 1 heterocycles. The van der Waals surface area contributed by atoms with Crippen molar-refractivity contribution in [2.45, 2.75) is 110 Å². The smallest absolute Gasteiger partial charge is 0.314 e.